The predicted molar refractivity (Wildman–Crippen MR) is 98.5 cm³/mol. The second kappa shape index (κ2) is 8.36. The van der Waals surface area contributed by atoms with E-state index in [4.69, 9.17) is 9.47 Å². The first kappa shape index (κ1) is 18.6. The molecule has 1 aromatic rings. The number of fused-ring (bicyclic) bond motifs is 1. The first-order valence-corrected chi connectivity index (χ1v) is 8.18. The van der Waals surface area contributed by atoms with E-state index in [1.165, 1.54) is 16.7 Å². The van der Waals surface area contributed by atoms with Crippen LogP contribution in [0, 0.1) is 0 Å². The molecule has 1 aliphatic carbocycles. The second-order valence-corrected chi connectivity index (χ2v) is 5.89. The lowest BCUT2D eigenvalue weighted by molar-refractivity contribution is -0.138. The van der Waals surface area contributed by atoms with Crippen LogP contribution < -0.4 is 4.74 Å². The van der Waals surface area contributed by atoms with Gasteiger partial charge in [-0.1, -0.05) is 18.2 Å². The number of hydrogen-bond acceptors (Lipinski definition) is 4. The summed E-state index contributed by atoms with van der Waals surface area (Å²) in [5.41, 5.74) is 4.74. The van der Waals surface area contributed by atoms with E-state index >= 15 is 0 Å². The van der Waals surface area contributed by atoms with Crippen molar-refractivity contribution in [1.29, 1.82) is 0 Å². The Balaban J connectivity index is 0.00000208. The van der Waals surface area contributed by atoms with Crippen LogP contribution in [0.3, 0.4) is 0 Å². The minimum absolute atomic E-state index is 0. The van der Waals surface area contributed by atoms with Gasteiger partial charge in [-0.05, 0) is 48.6 Å². The largest absolute Gasteiger partial charge is 0.497 e. The van der Waals surface area contributed by atoms with Gasteiger partial charge in [-0.3, -0.25) is 4.90 Å². The fourth-order valence-corrected chi connectivity index (χ4v) is 3.11. The number of benzene rings is 1. The van der Waals surface area contributed by atoms with Gasteiger partial charge in [-0.2, -0.15) is 0 Å². The average molecular weight is 350 g/mol. The van der Waals surface area contributed by atoms with E-state index < -0.39 is 0 Å². The molecule has 0 N–H and O–H groups in total. The summed E-state index contributed by atoms with van der Waals surface area (Å²) in [5, 5.41) is 0. The van der Waals surface area contributed by atoms with Crippen molar-refractivity contribution in [3.8, 4) is 5.75 Å². The molecule has 1 aromatic carbocycles. The third-order valence-electron chi connectivity index (χ3n) is 4.40. The predicted octanol–water partition coefficient (Wildman–Crippen LogP) is 3.56. The van der Waals surface area contributed by atoms with Crippen molar-refractivity contribution in [2.24, 2.45) is 0 Å². The summed E-state index contributed by atoms with van der Waals surface area (Å²) in [6, 6.07) is 6.19. The molecule has 130 valence electrons. The maximum Gasteiger partial charge on any atom is 0.334 e. The summed E-state index contributed by atoms with van der Waals surface area (Å²) in [6.07, 6.45) is 6.16. The van der Waals surface area contributed by atoms with E-state index in [9.17, 15) is 4.79 Å². The molecule has 0 saturated heterocycles. The fourth-order valence-electron chi connectivity index (χ4n) is 3.11. The van der Waals surface area contributed by atoms with Crippen LogP contribution in [0.25, 0.3) is 11.6 Å². The number of ether oxygens (including phenoxy) is 2. The molecule has 0 aromatic heterocycles. The van der Waals surface area contributed by atoms with Crippen LogP contribution in [0.1, 0.15) is 30.9 Å². The molecular weight excluding hydrogens is 326 g/mol. The Morgan fingerprint density at radius 2 is 2.17 bits per heavy atom. The zero-order valence-electron chi connectivity index (χ0n) is 14.2. The second-order valence-electron chi connectivity index (χ2n) is 5.89. The number of rotatable bonds is 6. The maximum absolute atomic E-state index is 11.8. The van der Waals surface area contributed by atoms with E-state index in [2.05, 4.69) is 23.1 Å². The number of methoxy groups -OCH3 is 1. The van der Waals surface area contributed by atoms with Crippen molar-refractivity contribution in [2.45, 2.75) is 19.8 Å². The molecule has 4 nitrogen and oxygen atoms in total. The van der Waals surface area contributed by atoms with Crippen LogP contribution in [-0.4, -0.2) is 44.2 Å². The minimum Gasteiger partial charge on any atom is -0.497 e. The zero-order valence-corrected chi connectivity index (χ0v) is 15.0. The van der Waals surface area contributed by atoms with Gasteiger partial charge in [0.15, 0.2) is 0 Å². The van der Waals surface area contributed by atoms with Gasteiger partial charge < -0.3 is 9.47 Å². The third-order valence-corrected chi connectivity index (χ3v) is 4.40. The van der Waals surface area contributed by atoms with Crippen LogP contribution in [0.2, 0.25) is 0 Å². The standard InChI is InChI=1S/C19H23NO3.ClH/c1-3-23-19(21)16-5-4-9-20(13-16)10-8-15-11-14-6-7-17(22-2)12-18(14)15;/h5-7,11-12H,3-4,8-10,13H2,1-2H3;1H. The molecule has 0 bridgehead atoms. The average Bonchev–Trinajstić information content (AvgIpc) is 2.56. The lowest BCUT2D eigenvalue weighted by atomic mass is 9.86. The minimum atomic E-state index is -0.171. The number of hydrogen-bond donors (Lipinski definition) is 0. The first-order chi connectivity index (χ1) is 11.2. The van der Waals surface area contributed by atoms with Crippen molar-refractivity contribution in [2.75, 3.05) is 33.4 Å². The summed E-state index contributed by atoms with van der Waals surface area (Å²) in [7, 11) is 1.70. The SMILES string of the molecule is CCOC(=O)C1=CCCN(CCC2=Cc3ccc(OC)cc32)C1.Cl. The Bertz CT molecular complexity index is 667. The van der Waals surface area contributed by atoms with E-state index in [1.54, 1.807) is 7.11 Å². The van der Waals surface area contributed by atoms with Crippen LogP contribution in [0.15, 0.2) is 29.8 Å². The Morgan fingerprint density at radius 3 is 2.92 bits per heavy atom. The van der Waals surface area contributed by atoms with Crippen molar-refractivity contribution >= 4 is 30.0 Å². The molecule has 1 heterocycles. The highest BCUT2D eigenvalue weighted by Crippen LogP contribution is 2.37. The lowest BCUT2D eigenvalue weighted by Crippen LogP contribution is -2.33. The van der Waals surface area contributed by atoms with Gasteiger partial charge in [0, 0.05) is 25.2 Å². The molecule has 1 aliphatic heterocycles. The van der Waals surface area contributed by atoms with E-state index in [1.807, 2.05) is 19.1 Å². The highest BCUT2D eigenvalue weighted by molar-refractivity contribution is 5.96. The van der Waals surface area contributed by atoms with Crippen molar-refractivity contribution in [1.82, 2.24) is 4.90 Å². The third kappa shape index (κ3) is 4.00. The molecule has 0 radical (unpaired) electrons. The molecular formula is C19H24ClNO3. The fraction of sp³-hybridized carbons (Fsp3) is 0.421. The highest BCUT2D eigenvalue weighted by Gasteiger charge is 2.21. The molecule has 0 saturated carbocycles. The van der Waals surface area contributed by atoms with E-state index in [-0.39, 0.29) is 18.4 Å². The Hall–Kier alpha value is -1.78. The normalized spacial score (nSPS) is 16.1. The van der Waals surface area contributed by atoms with Gasteiger partial charge in [0.25, 0.3) is 0 Å². The van der Waals surface area contributed by atoms with Crippen LogP contribution in [0.5, 0.6) is 5.75 Å². The molecule has 0 unspecified atom stereocenters. The summed E-state index contributed by atoms with van der Waals surface area (Å²) in [4.78, 5) is 14.2. The van der Waals surface area contributed by atoms with Gasteiger partial charge in [0.2, 0.25) is 0 Å². The van der Waals surface area contributed by atoms with Gasteiger partial charge in [0.1, 0.15) is 5.75 Å². The number of halogens is 1. The summed E-state index contributed by atoms with van der Waals surface area (Å²) in [5.74, 6) is 0.731. The molecule has 0 amide bonds. The van der Waals surface area contributed by atoms with Crippen molar-refractivity contribution in [3.63, 3.8) is 0 Å². The number of nitrogens with zero attached hydrogens (tertiary/aromatic N) is 1. The topological polar surface area (TPSA) is 38.8 Å². The van der Waals surface area contributed by atoms with E-state index in [0.29, 0.717) is 13.2 Å². The number of carbonyl (C=O) groups is 1. The monoisotopic (exact) mass is 349 g/mol. The first-order valence-electron chi connectivity index (χ1n) is 8.18. The van der Waals surface area contributed by atoms with Crippen LogP contribution in [0.4, 0.5) is 0 Å². The quantitative estimate of drug-likeness (QED) is 0.736. The Kier molecular flexibility index (Phi) is 6.46. The Labute approximate surface area is 149 Å². The number of esters is 1. The van der Waals surface area contributed by atoms with Gasteiger partial charge >= 0.3 is 5.97 Å². The molecule has 0 atom stereocenters. The smallest absolute Gasteiger partial charge is 0.334 e. The maximum atomic E-state index is 11.8. The molecule has 2 aliphatic rings. The van der Waals surface area contributed by atoms with Crippen molar-refractivity contribution in [3.05, 3.63) is 41.0 Å². The van der Waals surface area contributed by atoms with Crippen LogP contribution in [-0.2, 0) is 9.53 Å². The van der Waals surface area contributed by atoms with Gasteiger partial charge in [0.05, 0.1) is 13.7 Å². The Morgan fingerprint density at radius 1 is 1.33 bits per heavy atom. The van der Waals surface area contributed by atoms with Gasteiger partial charge in [-0.25, -0.2) is 4.79 Å². The summed E-state index contributed by atoms with van der Waals surface area (Å²) in [6.45, 7) is 4.92. The van der Waals surface area contributed by atoms with E-state index in [0.717, 1.165) is 37.3 Å². The zero-order chi connectivity index (χ0) is 16.2. The summed E-state index contributed by atoms with van der Waals surface area (Å²) >= 11 is 0. The molecule has 24 heavy (non-hydrogen) atoms. The van der Waals surface area contributed by atoms with Crippen LogP contribution >= 0.6 is 12.4 Å². The van der Waals surface area contributed by atoms with Gasteiger partial charge in [-0.15, -0.1) is 12.4 Å². The highest BCUT2D eigenvalue weighted by atomic mass is 35.5. The molecule has 0 fully saturated rings. The molecule has 5 heteroatoms. The number of carbonyl (C=O) groups excluding carboxylic acids is 1. The molecule has 3 rings (SSSR count). The summed E-state index contributed by atoms with van der Waals surface area (Å²) < 4.78 is 10.4. The van der Waals surface area contributed by atoms with Crippen molar-refractivity contribution < 1.29 is 14.3 Å². The lowest BCUT2D eigenvalue weighted by Gasteiger charge is -2.28. The molecule has 0 spiro atoms.